The summed E-state index contributed by atoms with van der Waals surface area (Å²) in [4.78, 5) is 22.0. The Bertz CT molecular complexity index is 241. The summed E-state index contributed by atoms with van der Waals surface area (Å²) in [5, 5.41) is 5.76. The van der Waals surface area contributed by atoms with Crippen molar-refractivity contribution in [2.45, 2.75) is 26.3 Å². The Morgan fingerprint density at radius 2 is 2.00 bits per heavy atom. The van der Waals surface area contributed by atoms with E-state index in [1.54, 1.807) is 13.8 Å². The van der Waals surface area contributed by atoms with E-state index in [4.69, 9.17) is 10.5 Å². The van der Waals surface area contributed by atoms with Crippen molar-refractivity contribution in [2.75, 3.05) is 26.3 Å². The predicted molar refractivity (Wildman–Crippen MR) is 60.8 cm³/mol. The van der Waals surface area contributed by atoms with Crippen LogP contribution in [0.1, 0.15) is 20.8 Å². The van der Waals surface area contributed by atoms with E-state index in [1.165, 1.54) is 0 Å². The number of primary amides is 1. The molecule has 0 rings (SSSR count). The van der Waals surface area contributed by atoms with E-state index >= 15 is 0 Å². The highest BCUT2D eigenvalue weighted by molar-refractivity contribution is 5.85. The first-order chi connectivity index (χ1) is 7.40. The maximum Gasteiger partial charge on any atom is 0.243 e. The molecular formula is C10H21N3O3. The van der Waals surface area contributed by atoms with E-state index in [9.17, 15) is 9.59 Å². The highest BCUT2D eigenvalue weighted by atomic mass is 16.5. The SMILES string of the molecule is CCNC(C)(C)C(=O)NCCOCC(N)=O. The molecule has 6 heteroatoms. The quantitative estimate of drug-likeness (QED) is 0.467. The van der Waals surface area contributed by atoms with Crippen molar-refractivity contribution in [1.82, 2.24) is 10.6 Å². The Balaban J connectivity index is 3.69. The van der Waals surface area contributed by atoms with Crippen molar-refractivity contribution >= 4 is 11.8 Å². The minimum atomic E-state index is -0.599. The molecule has 0 radical (unpaired) electrons. The van der Waals surface area contributed by atoms with Gasteiger partial charge >= 0.3 is 0 Å². The van der Waals surface area contributed by atoms with Gasteiger partial charge in [-0.3, -0.25) is 9.59 Å². The molecule has 6 nitrogen and oxygen atoms in total. The molecule has 0 saturated heterocycles. The van der Waals surface area contributed by atoms with Crippen molar-refractivity contribution in [1.29, 1.82) is 0 Å². The summed E-state index contributed by atoms with van der Waals surface area (Å²) in [7, 11) is 0. The Morgan fingerprint density at radius 3 is 2.50 bits per heavy atom. The molecule has 0 spiro atoms. The standard InChI is InChI=1S/C10H21N3O3/c1-4-13-10(2,3)9(15)12-5-6-16-7-8(11)14/h13H,4-7H2,1-3H3,(H2,11,14)(H,12,15). The van der Waals surface area contributed by atoms with E-state index in [0.29, 0.717) is 6.54 Å². The molecule has 0 unspecified atom stereocenters. The summed E-state index contributed by atoms with van der Waals surface area (Å²) < 4.78 is 4.91. The normalized spacial score (nSPS) is 11.2. The second-order valence-electron chi connectivity index (χ2n) is 3.93. The van der Waals surface area contributed by atoms with Gasteiger partial charge in [-0.25, -0.2) is 0 Å². The van der Waals surface area contributed by atoms with Gasteiger partial charge in [0.2, 0.25) is 11.8 Å². The number of rotatable bonds is 8. The van der Waals surface area contributed by atoms with Crippen molar-refractivity contribution in [2.24, 2.45) is 5.73 Å². The maximum absolute atomic E-state index is 11.6. The lowest BCUT2D eigenvalue weighted by Crippen LogP contribution is -2.53. The number of amides is 2. The Kier molecular flexibility index (Phi) is 6.67. The number of carbonyl (C=O) groups excluding carboxylic acids is 2. The molecule has 0 saturated carbocycles. The number of hydrogen-bond donors (Lipinski definition) is 3. The number of hydrogen-bond acceptors (Lipinski definition) is 4. The van der Waals surface area contributed by atoms with Gasteiger partial charge in [-0.05, 0) is 20.4 Å². The number of ether oxygens (including phenoxy) is 1. The number of carbonyl (C=O) groups is 2. The van der Waals surface area contributed by atoms with Crippen LogP contribution in [0.3, 0.4) is 0 Å². The molecule has 94 valence electrons. The second-order valence-corrected chi connectivity index (χ2v) is 3.93. The zero-order valence-corrected chi connectivity index (χ0v) is 10.1. The topological polar surface area (TPSA) is 93.4 Å². The first-order valence-electron chi connectivity index (χ1n) is 5.29. The lowest BCUT2D eigenvalue weighted by atomic mass is 10.1. The fourth-order valence-electron chi connectivity index (χ4n) is 1.15. The lowest BCUT2D eigenvalue weighted by molar-refractivity contribution is -0.126. The molecule has 2 amide bonds. The molecule has 0 aliphatic heterocycles. The molecule has 0 atom stereocenters. The van der Waals surface area contributed by atoms with Crippen LogP contribution < -0.4 is 16.4 Å². The Morgan fingerprint density at radius 1 is 1.38 bits per heavy atom. The summed E-state index contributed by atoms with van der Waals surface area (Å²) in [6, 6.07) is 0. The highest BCUT2D eigenvalue weighted by Gasteiger charge is 2.25. The number of nitrogens with one attached hydrogen (secondary N) is 2. The van der Waals surface area contributed by atoms with E-state index in [-0.39, 0.29) is 19.1 Å². The smallest absolute Gasteiger partial charge is 0.243 e. The third kappa shape index (κ3) is 6.36. The van der Waals surface area contributed by atoms with E-state index in [2.05, 4.69) is 10.6 Å². The monoisotopic (exact) mass is 231 g/mol. The molecule has 0 heterocycles. The van der Waals surface area contributed by atoms with Crippen LogP contribution >= 0.6 is 0 Å². The Hall–Kier alpha value is -1.14. The minimum Gasteiger partial charge on any atom is -0.370 e. The van der Waals surface area contributed by atoms with Crippen LogP contribution in [0.2, 0.25) is 0 Å². The van der Waals surface area contributed by atoms with Gasteiger partial charge < -0.3 is 21.1 Å². The van der Waals surface area contributed by atoms with Crippen LogP contribution in [0.4, 0.5) is 0 Å². The maximum atomic E-state index is 11.6. The number of likely N-dealkylation sites (N-methyl/N-ethyl adjacent to an activating group) is 1. The summed E-state index contributed by atoms with van der Waals surface area (Å²) in [5.41, 5.74) is 4.28. The predicted octanol–water partition coefficient (Wildman–Crippen LogP) is -1.01. The molecular weight excluding hydrogens is 210 g/mol. The van der Waals surface area contributed by atoms with Crippen LogP contribution in [0.25, 0.3) is 0 Å². The van der Waals surface area contributed by atoms with Crippen molar-refractivity contribution in [3.63, 3.8) is 0 Å². The summed E-state index contributed by atoms with van der Waals surface area (Å²) in [5.74, 6) is -0.615. The number of nitrogens with two attached hydrogens (primary N) is 1. The average molecular weight is 231 g/mol. The minimum absolute atomic E-state index is 0.1000. The van der Waals surface area contributed by atoms with Gasteiger partial charge in [-0.2, -0.15) is 0 Å². The molecule has 4 N–H and O–H groups in total. The second kappa shape index (κ2) is 7.19. The third-order valence-corrected chi connectivity index (χ3v) is 1.96. The van der Waals surface area contributed by atoms with Gasteiger partial charge in [0.05, 0.1) is 12.1 Å². The van der Waals surface area contributed by atoms with Crippen LogP contribution in [-0.2, 0) is 14.3 Å². The zero-order valence-electron chi connectivity index (χ0n) is 10.1. The largest absolute Gasteiger partial charge is 0.370 e. The van der Waals surface area contributed by atoms with Crippen molar-refractivity contribution in [3.8, 4) is 0 Å². The van der Waals surface area contributed by atoms with Gasteiger partial charge in [0.25, 0.3) is 0 Å². The fraction of sp³-hybridized carbons (Fsp3) is 0.800. The van der Waals surface area contributed by atoms with Gasteiger partial charge in [0, 0.05) is 6.54 Å². The molecule has 0 aliphatic rings. The first-order valence-corrected chi connectivity index (χ1v) is 5.29. The van der Waals surface area contributed by atoms with Crippen LogP contribution in [0.5, 0.6) is 0 Å². The molecule has 0 aromatic rings. The van der Waals surface area contributed by atoms with E-state index in [0.717, 1.165) is 6.54 Å². The molecule has 0 aromatic carbocycles. The van der Waals surface area contributed by atoms with Crippen molar-refractivity contribution < 1.29 is 14.3 Å². The highest BCUT2D eigenvalue weighted by Crippen LogP contribution is 2.00. The summed E-state index contributed by atoms with van der Waals surface area (Å²) >= 11 is 0. The molecule has 0 aliphatic carbocycles. The molecule has 0 aromatic heterocycles. The summed E-state index contributed by atoms with van der Waals surface area (Å²) in [6.45, 7) is 6.78. The van der Waals surface area contributed by atoms with Crippen LogP contribution in [-0.4, -0.2) is 43.7 Å². The zero-order chi connectivity index (χ0) is 12.6. The lowest BCUT2D eigenvalue weighted by Gasteiger charge is -2.24. The van der Waals surface area contributed by atoms with Crippen LogP contribution in [0, 0.1) is 0 Å². The van der Waals surface area contributed by atoms with E-state index < -0.39 is 11.4 Å². The van der Waals surface area contributed by atoms with E-state index in [1.807, 2.05) is 6.92 Å². The van der Waals surface area contributed by atoms with Gasteiger partial charge in [-0.15, -0.1) is 0 Å². The van der Waals surface area contributed by atoms with Gasteiger partial charge in [-0.1, -0.05) is 6.92 Å². The third-order valence-electron chi connectivity index (χ3n) is 1.96. The average Bonchev–Trinajstić information content (AvgIpc) is 2.16. The van der Waals surface area contributed by atoms with Crippen molar-refractivity contribution in [3.05, 3.63) is 0 Å². The van der Waals surface area contributed by atoms with Gasteiger partial charge in [0.15, 0.2) is 0 Å². The molecule has 16 heavy (non-hydrogen) atoms. The molecule has 0 bridgehead atoms. The first kappa shape index (κ1) is 14.9. The summed E-state index contributed by atoms with van der Waals surface area (Å²) in [6.07, 6.45) is 0. The fourth-order valence-corrected chi connectivity index (χ4v) is 1.15. The molecule has 0 fully saturated rings. The van der Waals surface area contributed by atoms with Gasteiger partial charge in [0.1, 0.15) is 6.61 Å². The van der Waals surface area contributed by atoms with Crippen LogP contribution in [0.15, 0.2) is 0 Å². The Labute approximate surface area is 95.9 Å².